The summed E-state index contributed by atoms with van der Waals surface area (Å²) in [4.78, 5) is 6.69. The molecule has 1 atom stereocenters. The zero-order chi connectivity index (χ0) is 12.7. The van der Waals surface area contributed by atoms with Gasteiger partial charge in [-0.1, -0.05) is 26.7 Å². The summed E-state index contributed by atoms with van der Waals surface area (Å²) in [6.07, 6.45) is 6.64. The van der Waals surface area contributed by atoms with E-state index in [1.165, 1.54) is 24.9 Å². The van der Waals surface area contributed by atoms with Crippen LogP contribution in [0.4, 0.5) is 5.69 Å². The average molecular weight is 235 g/mol. The van der Waals surface area contributed by atoms with Crippen molar-refractivity contribution in [1.29, 1.82) is 0 Å². The van der Waals surface area contributed by atoms with Gasteiger partial charge in [0.25, 0.3) is 0 Å². The highest BCUT2D eigenvalue weighted by Crippen LogP contribution is 2.16. The van der Waals surface area contributed by atoms with Crippen LogP contribution in [0.1, 0.15) is 51.3 Å². The first-order chi connectivity index (χ1) is 8.19. The Labute approximate surface area is 105 Å². The zero-order valence-corrected chi connectivity index (χ0v) is 11.3. The molecule has 1 rings (SSSR count). The Morgan fingerprint density at radius 3 is 2.59 bits per heavy atom. The minimum atomic E-state index is 0.0643. The summed E-state index contributed by atoms with van der Waals surface area (Å²) >= 11 is 0. The second-order valence-electron chi connectivity index (χ2n) is 4.58. The Bertz CT molecular complexity index is 308. The molecule has 0 amide bonds. The number of hydrogen-bond donors (Lipinski definition) is 1. The molecule has 3 heteroatoms. The third-order valence-corrected chi connectivity index (χ3v) is 3.13. The summed E-state index contributed by atoms with van der Waals surface area (Å²) in [6, 6.07) is 4.22. The number of hydrogen-bond acceptors (Lipinski definition) is 3. The van der Waals surface area contributed by atoms with Crippen LogP contribution in [0.3, 0.4) is 0 Å². The first-order valence-electron chi connectivity index (χ1n) is 6.61. The molecule has 0 saturated heterocycles. The van der Waals surface area contributed by atoms with E-state index in [-0.39, 0.29) is 6.04 Å². The van der Waals surface area contributed by atoms with Crippen LogP contribution in [0.25, 0.3) is 0 Å². The number of unbranched alkanes of at least 4 members (excludes halogenated alkanes) is 2. The molecule has 0 radical (unpaired) electrons. The predicted molar refractivity (Wildman–Crippen MR) is 74.3 cm³/mol. The molecule has 2 N–H and O–H groups in total. The van der Waals surface area contributed by atoms with Crippen LogP contribution in [0.15, 0.2) is 18.3 Å². The van der Waals surface area contributed by atoms with Crippen LogP contribution in [-0.2, 0) is 0 Å². The number of nitrogens with two attached hydrogens (primary N) is 1. The highest BCUT2D eigenvalue weighted by Gasteiger charge is 2.06. The van der Waals surface area contributed by atoms with Crippen molar-refractivity contribution in [3.63, 3.8) is 0 Å². The second kappa shape index (κ2) is 7.28. The fourth-order valence-electron chi connectivity index (χ4n) is 1.78. The van der Waals surface area contributed by atoms with E-state index in [0.29, 0.717) is 0 Å². The van der Waals surface area contributed by atoms with E-state index in [1.54, 1.807) is 0 Å². The van der Waals surface area contributed by atoms with Gasteiger partial charge in [0.05, 0.1) is 17.6 Å². The summed E-state index contributed by atoms with van der Waals surface area (Å²) in [6.45, 7) is 5.40. The van der Waals surface area contributed by atoms with Crippen molar-refractivity contribution in [2.24, 2.45) is 5.73 Å². The molecule has 0 aliphatic heterocycles. The largest absolute Gasteiger partial charge is 0.373 e. The van der Waals surface area contributed by atoms with Crippen LogP contribution in [-0.4, -0.2) is 18.6 Å². The monoisotopic (exact) mass is 235 g/mol. The first kappa shape index (κ1) is 14.0. The fourth-order valence-corrected chi connectivity index (χ4v) is 1.78. The average Bonchev–Trinajstić information content (AvgIpc) is 2.38. The fraction of sp³-hybridized carbons (Fsp3) is 0.643. The van der Waals surface area contributed by atoms with Crippen molar-refractivity contribution in [3.05, 3.63) is 24.0 Å². The molecule has 0 aliphatic rings. The van der Waals surface area contributed by atoms with Crippen molar-refractivity contribution in [2.45, 2.75) is 45.6 Å². The predicted octanol–water partition coefficient (Wildman–Crippen LogP) is 3.12. The molecule has 3 nitrogen and oxygen atoms in total. The normalized spacial score (nSPS) is 12.5. The van der Waals surface area contributed by atoms with E-state index >= 15 is 0 Å². The standard InChI is InChI=1S/C14H25N3/c1-4-6-7-10-17(3)12-8-9-14(16-11-12)13(15)5-2/h8-9,11,13H,4-7,10,15H2,1-3H3/t13-/m1/s1. The van der Waals surface area contributed by atoms with Gasteiger partial charge in [-0.25, -0.2) is 0 Å². The maximum Gasteiger partial charge on any atom is 0.0572 e. The second-order valence-corrected chi connectivity index (χ2v) is 4.58. The molecule has 1 heterocycles. The van der Waals surface area contributed by atoms with E-state index < -0.39 is 0 Å². The number of anilines is 1. The molecule has 0 fully saturated rings. The molecule has 0 spiro atoms. The Kier molecular flexibility index (Phi) is 5.98. The maximum atomic E-state index is 5.94. The molecule has 96 valence electrons. The van der Waals surface area contributed by atoms with Crippen molar-refractivity contribution in [1.82, 2.24) is 4.98 Å². The third kappa shape index (κ3) is 4.35. The van der Waals surface area contributed by atoms with Gasteiger partial charge >= 0.3 is 0 Å². The van der Waals surface area contributed by atoms with Crippen LogP contribution < -0.4 is 10.6 Å². The zero-order valence-electron chi connectivity index (χ0n) is 11.3. The Balaban J connectivity index is 2.54. The van der Waals surface area contributed by atoms with Gasteiger partial charge in [-0.05, 0) is 25.0 Å². The molecule has 1 aromatic heterocycles. The van der Waals surface area contributed by atoms with Gasteiger partial charge in [0, 0.05) is 19.6 Å². The van der Waals surface area contributed by atoms with E-state index in [1.807, 2.05) is 12.3 Å². The molecule has 0 saturated carbocycles. The van der Waals surface area contributed by atoms with Crippen LogP contribution in [0.2, 0.25) is 0 Å². The molecular weight excluding hydrogens is 210 g/mol. The number of rotatable bonds is 7. The van der Waals surface area contributed by atoms with Crippen LogP contribution >= 0.6 is 0 Å². The summed E-state index contributed by atoms with van der Waals surface area (Å²) in [5.41, 5.74) is 8.10. The highest BCUT2D eigenvalue weighted by atomic mass is 15.1. The van der Waals surface area contributed by atoms with E-state index in [0.717, 1.165) is 18.7 Å². The maximum absolute atomic E-state index is 5.94. The Morgan fingerprint density at radius 1 is 1.29 bits per heavy atom. The minimum Gasteiger partial charge on any atom is -0.373 e. The molecule has 0 aliphatic carbocycles. The smallest absolute Gasteiger partial charge is 0.0572 e. The van der Waals surface area contributed by atoms with E-state index in [2.05, 4.69) is 36.8 Å². The summed E-state index contributed by atoms with van der Waals surface area (Å²) in [7, 11) is 2.12. The quantitative estimate of drug-likeness (QED) is 0.738. The molecular formula is C14H25N3. The lowest BCUT2D eigenvalue weighted by Gasteiger charge is -2.19. The van der Waals surface area contributed by atoms with Crippen LogP contribution in [0.5, 0.6) is 0 Å². The first-order valence-corrected chi connectivity index (χ1v) is 6.61. The van der Waals surface area contributed by atoms with Crippen molar-refractivity contribution in [2.75, 3.05) is 18.5 Å². The Hall–Kier alpha value is -1.09. The summed E-state index contributed by atoms with van der Waals surface area (Å²) in [5.74, 6) is 0. The van der Waals surface area contributed by atoms with Gasteiger partial charge in [-0.2, -0.15) is 0 Å². The molecule has 0 unspecified atom stereocenters. The number of pyridine rings is 1. The molecule has 17 heavy (non-hydrogen) atoms. The molecule has 0 bridgehead atoms. The lowest BCUT2D eigenvalue weighted by molar-refractivity contribution is 0.673. The summed E-state index contributed by atoms with van der Waals surface area (Å²) in [5, 5.41) is 0. The van der Waals surface area contributed by atoms with Gasteiger partial charge in [0.1, 0.15) is 0 Å². The van der Waals surface area contributed by atoms with Gasteiger partial charge in [-0.15, -0.1) is 0 Å². The van der Waals surface area contributed by atoms with Gasteiger partial charge in [0.2, 0.25) is 0 Å². The van der Waals surface area contributed by atoms with Gasteiger partial charge < -0.3 is 10.6 Å². The van der Waals surface area contributed by atoms with Crippen LogP contribution in [0, 0.1) is 0 Å². The molecule has 1 aromatic rings. The number of nitrogens with zero attached hydrogens (tertiary/aromatic N) is 2. The number of aromatic nitrogens is 1. The van der Waals surface area contributed by atoms with Gasteiger partial charge in [0.15, 0.2) is 0 Å². The Morgan fingerprint density at radius 2 is 2.06 bits per heavy atom. The summed E-state index contributed by atoms with van der Waals surface area (Å²) < 4.78 is 0. The third-order valence-electron chi connectivity index (χ3n) is 3.13. The lowest BCUT2D eigenvalue weighted by atomic mass is 10.1. The van der Waals surface area contributed by atoms with E-state index in [4.69, 9.17) is 5.73 Å². The lowest BCUT2D eigenvalue weighted by Crippen LogP contribution is -2.19. The van der Waals surface area contributed by atoms with Crippen molar-refractivity contribution >= 4 is 5.69 Å². The topological polar surface area (TPSA) is 42.1 Å². The van der Waals surface area contributed by atoms with E-state index in [9.17, 15) is 0 Å². The van der Waals surface area contributed by atoms with Crippen molar-refractivity contribution in [3.8, 4) is 0 Å². The van der Waals surface area contributed by atoms with Gasteiger partial charge in [-0.3, -0.25) is 4.98 Å². The molecule has 0 aromatic carbocycles. The van der Waals surface area contributed by atoms with Crippen molar-refractivity contribution < 1.29 is 0 Å². The SMILES string of the molecule is CCCCCN(C)c1ccc([C@H](N)CC)nc1. The highest BCUT2D eigenvalue weighted by molar-refractivity contribution is 5.43. The minimum absolute atomic E-state index is 0.0643.